The molecule has 6 nitrogen and oxygen atoms in total. The van der Waals surface area contributed by atoms with Crippen molar-refractivity contribution >= 4 is 17.0 Å². The number of carboxylic acids is 1. The number of carboxylic acid groups (broad SMARTS) is 1. The lowest BCUT2D eigenvalue weighted by Crippen LogP contribution is -2.43. The van der Waals surface area contributed by atoms with Crippen molar-refractivity contribution in [2.24, 2.45) is 0 Å². The molecular formula is C12H13N3O3. The molecule has 0 saturated carbocycles. The lowest BCUT2D eigenvalue weighted by Gasteiger charge is -2.30. The Bertz CT molecular complexity index is 587. The molecule has 0 aliphatic carbocycles. The molecule has 1 aliphatic rings. The van der Waals surface area contributed by atoms with Gasteiger partial charge in [0.15, 0.2) is 0 Å². The van der Waals surface area contributed by atoms with Crippen LogP contribution in [0.5, 0.6) is 0 Å². The molecule has 1 aromatic carbocycles. The molecule has 0 bridgehead atoms. The molecule has 1 aliphatic heterocycles. The second-order valence-corrected chi connectivity index (χ2v) is 4.13. The molecule has 0 radical (unpaired) electrons. The molecule has 0 amide bonds. The van der Waals surface area contributed by atoms with Gasteiger partial charge >= 0.3 is 5.97 Å². The molecule has 2 aromatic rings. The first-order valence-electron chi connectivity index (χ1n) is 5.80. The number of benzene rings is 1. The largest absolute Gasteiger partial charge is 0.478 e. The van der Waals surface area contributed by atoms with Crippen LogP contribution in [-0.2, 0) is 4.74 Å². The molecule has 0 unspecified atom stereocenters. The van der Waals surface area contributed by atoms with E-state index in [9.17, 15) is 9.90 Å². The first-order valence-corrected chi connectivity index (χ1v) is 5.80. The van der Waals surface area contributed by atoms with Crippen molar-refractivity contribution < 1.29 is 14.6 Å². The van der Waals surface area contributed by atoms with E-state index in [-0.39, 0.29) is 5.56 Å². The van der Waals surface area contributed by atoms with Crippen molar-refractivity contribution in [3.63, 3.8) is 0 Å². The molecule has 0 spiro atoms. The van der Waals surface area contributed by atoms with Gasteiger partial charge in [-0.25, -0.2) is 14.5 Å². The monoisotopic (exact) mass is 247 g/mol. The van der Waals surface area contributed by atoms with E-state index in [1.807, 2.05) is 15.8 Å². The molecule has 1 saturated heterocycles. The Kier molecular flexibility index (Phi) is 2.64. The molecule has 1 aromatic heterocycles. The number of imidazole rings is 1. The summed E-state index contributed by atoms with van der Waals surface area (Å²) in [6, 6.07) is 5.13. The third-order valence-corrected chi connectivity index (χ3v) is 3.07. The minimum Gasteiger partial charge on any atom is -0.478 e. The number of nitrogens with zero attached hydrogens (tertiary/aromatic N) is 3. The zero-order valence-electron chi connectivity index (χ0n) is 9.74. The smallest absolute Gasteiger partial charge is 0.337 e. The lowest BCUT2D eigenvalue weighted by atomic mass is 10.2. The van der Waals surface area contributed by atoms with E-state index < -0.39 is 5.97 Å². The Balaban J connectivity index is 2.14. The van der Waals surface area contributed by atoms with Crippen molar-refractivity contribution in [1.82, 2.24) is 9.66 Å². The molecular weight excluding hydrogens is 234 g/mol. The van der Waals surface area contributed by atoms with Crippen molar-refractivity contribution in [1.29, 1.82) is 0 Å². The van der Waals surface area contributed by atoms with E-state index >= 15 is 0 Å². The Labute approximate surface area is 103 Å². The minimum absolute atomic E-state index is 0.275. The van der Waals surface area contributed by atoms with Gasteiger partial charge < -0.3 is 14.9 Å². The number of rotatable bonds is 2. The van der Waals surface area contributed by atoms with Crippen LogP contribution < -0.4 is 5.01 Å². The topological polar surface area (TPSA) is 67.6 Å². The van der Waals surface area contributed by atoms with Gasteiger partial charge in [0.05, 0.1) is 37.4 Å². The van der Waals surface area contributed by atoms with E-state index in [1.54, 1.807) is 18.5 Å². The number of aromatic carboxylic acids is 1. The van der Waals surface area contributed by atoms with E-state index in [0.717, 1.165) is 13.1 Å². The standard InChI is InChI=1S/C12H13N3O3/c16-12(17)9-2-1-3-10-11(9)15(8-13-10)14-4-6-18-7-5-14/h1-3,8H,4-7H2,(H,16,17). The maximum Gasteiger partial charge on any atom is 0.337 e. The van der Waals surface area contributed by atoms with Crippen LogP contribution in [0.4, 0.5) is 0 Å². The van der Waals surface area contributed by atoms with Gasteiger partial charge in [0.25, 0.3) is 0 Å². The van der Waals surface area contributed by atoms with Gasteiger partial charge in [0.2, 0.25) is 0 Å². The van der Waals surface area contributed by atoms with E-state index in [2.05, 4.69) is 4.98 Å². The summed E-state index contributed by atoms with van der Waals surface area (Å²) in [5, 5.41) is 11.3. The van der Waals surface area contributed by atoms with E-state index in [4.69, 9.17) is 4.74 Å². The summed E-state index contributed by atoms with van der Waals surface area (Å²) >= 11 is 0. The number of para-hydroxylation sites is 1. The summed E-state index contributed by atoms with van der Waals surface area (Å²) in [6.45, 7) is 2.77. The Morgan fingerprint density at radius 2 is 2.11 bits per heavy atom. The predicted molar refractivity (Wildman–Crippen MR) is 65.5 cm³/mol. The first kappa shape index (κ1) is 11.0. The molecule has 3 rings (SSSR count). The maximum atomic E-state index is 11.3. The molecule has 1 N–H and O–H groups in total. The molecule has 18 heavy (non-hydrogen) atoms. The van der Waals surface area contributed by atoms with Crippen molar-refractivity contribution in [2.45, 2.75) is 0 Å². The second kappa shape index (κ2) is 4.30. The average molecular weight is 247 g/mol. The summed E-state index contributed by atoms with van der Waals surface area (Å²) < 4.78 is 7.12. The second-order valence-electron chi connectivity index (χ2n) is 4.13. The SMILES string of the molecule is O=C(O)c1cccc2ncn(N3CCOCC3)c12. The van der Waals surface area contributed by atoms with Gasteiger partial charge in [0, 0.05) is 0 Å². The molecule has 2 heterocycles. The number of hydrogen-bond donors (Lipinski definition) is 1. The van der Waals surface area contributed by atoms with Crippen molar-refractivity contribution in [3.05, 3.63) is 30.1 Å². The molecule has 6 heteroatoms. The van der Waals surface area contributed by atoms with Crippen LogP contribution in [0.25, 0.3) is 11.0 Å². The molecule has 94 valence electrons. The van der Waals surface area contributed by atoms with Crippen LogP contribution >= 0.6 is 0 Å². The van der Waals surface area contributed by atoms with Gasteiger partial charge in [-0.1, -0.05) is 6.07 Å². The highest BCUT2D eigenvalue weighted by Gasteiger charge is 2.18. The Morgan fingerprint density at radius 3 is 2.83 bits per heavy atom. The lowest BCUT2D eigenvalue weighted by molar-refractivity contribution is 0.0698. The quantitative estimate of drug-likeness (QED) is 0.846. The van der Waals surface area contributed by atoms with Gasteiger partial charge in [-0.2, -0.15) is 0 Å². The van der Waals surface area contributed by atoms with Crippen LogP contribution in [0.15, 0.2) is 24.5 Å². The molecule has 1 fully saturated rings. The summed E-state index contributed by atoms with van der Waals surface area (Å²) in [6.07, 6.45) is 1.67. The maximum absolute atomic E-state index is 11.3. The van der Waals surface area contributed by atoms with Crippen LogP contribution in [0.3, 0.4) is 0 Å². The third kappa shape index (κ3) is 1.70. The van der Waals surface area contributed by atoms with Crippen LogP contribution in [0.1, 0.15) is 10.4 Å². The van der Waals surface area contributed by atoms with Gasteiger partial charge in [-0.3, -0.25) is 0 Å². The van der Waals surface area contributed by atoms with Crippen molar-refractivity contribution in [2.75, 3.05) is 31.3 Å². The molecule has 0 atom stereocenters. The average Bonchev–Trinajstić information content (AvgIpc) is 2.83. The van der Waals surface area contributed by atoms with Crippen LogP contribution in [-0.4, -0.2) is 47.0 Å². The fraction of sp³-hybridized carbons (Fsp3) is 0.333. The predicted octanol–water partition coefficient (Wildman–Crippen LogP) is 0.703. The highest BCUT2D eigenvalue weighted by atomic mass is 16.5. The summed E-state index contributed by atoms with van der Waals surface area (Å²) in [5.74, 6) is -0.935. The third-order valence-electron chi connectivity index (χ3n) is 3.07. The first-order chi connectivity index (χ1) is 8.77. The summed E-state index contributed by atoms with van der Waals surface area (Å²) in [5.41, 5.74) is 1.62. The number of hydrogen-bond acceptors (Lipinski definition) is 4. The van der Waals surface area contributed by atoms with Crippen LogP contribution in [0.2, 0.25) is 0 Å². The summed E-state index contributed by atoms with van der Waals surface area (Å²) in [4.78, 5) is 15.5. The normalized spacial score (nSPS) is 16.1. The van der Waals surface area contributed by atoms with Crippen LogP contribution in [0, 0.1) is 0 Å². The number of ether oxygens (including phenoxy) is 1. The Morgan fingerprint density at radius 1 is 1.33 bits per heavy atom. The highest BCUT2D eigenvalue weighted by molar-refractivity contribution is 6.01. The fourth-order valence-electron chi connectivity index (χ4n) is 2.21. The zero-order chi connectivity index (χ0) is 12.5. The number of fused-ring (bicyclic) bond motifs is 1. The fourth-order valence-corrected chi connectivity index (χ4v) is 2.21. The minimum atomic E-state index is -0.935. The van der Waals surface area contributed by atoms with E-state index in [1.165, 1.54) is 0 Å². The van der Waals surface area contributed by atoms with Gasteiger partial charge in [-0.05, 0) is 12.1 Å². The number of carbonyl (C=O) groups is 1. The van der Waals surface area contributed by atoms with Gasteiger partial charge in [-0.15, -0.1) is 0 Å². The number of morpholine rings is 1. The number of aromatic nitrogens is 2. The van der Waals surface area contributed by atoms with E-state index in [0.29, 0.717) is 24.2 Å². The van der Waals surface area contributed by atoms with Crippen molar-refractivity contribution in [3.8, 4) is 0 Å². The highest BCUT2D eigenvalue weighted by Crippen LogP contribution is 2.18. The summed E-state index contributed by atoms with van der Waals surface area (Å²) in [7, 11) is 0. The van der Waals surface area contributed by atoms with Gasteiger partial charge in [0.1, 0.15) is 11.8 Å². The zero-order valence-corrected chi connectivity index (χ0v) is 9.74. The Hall–Kier alpha value is -2.08.